The molecule has 1 aromatic carbocycles. The van der Waals surface area contributed by atoms with E-state index in [2.05, 4.69) is 9.47 Å². The molecule has 0 aromatic heterocycles. The van der Waals surface area contributed by atoms with Gasteiger partial charge in [-0.3, -0.25) is 4.79 Å². The van der Waals surface area contributed by atoms with Crippen LogP contribution in [0, 0.1) is 0 Å². The van der Waals surface area contributed by atoms with Gasteiger partial charge in [0.1, 0.15) is 11.5 Å². The minimum Gasteiger partial charge on any atom is -0.437 e. The summed E-state index contributed by atoms with van der Waals surface area (Å²) < 4.78 is 18.0. The van der Waals surface area contributed by atoms with Crippen molar-refractivity contribution in [1.82, 2.24) is 0 Å². The zero-order valence-electron chi connectivity index (χ0n) is 9.97. The van der Waals surface area contributed by atoms with Gasteiger partial charge < -0.3 is 18.9 Å². The number of benzene rings is 1. The first-order chi connectivity index (χ1) is 8.96. The maximum atomic E-state index is 11.1. The van der Waals surface area contributed by atoms with Crippen LogP contribution in [0.1, 0.15) is 10.4 Å². The summed E-state index contributed by atoms with van der Waals surface area (Å²) in [6, 6.07) is 3.57. The molecule has 0 amide bonds. The molecule has 1 aromatic rings. The predicted octanol–water partition coefficient (Wildman–Crippen LogP) is 2.36. The quantitative estimate of drug-likeness (QED) is 0.479. The fourth-order valence-corrected chi connectivity index (χ4v) is 1.19. The molecule has 0 heterocycles. The monoisotopic (exact) mass is 288 g/mol. The Kier molecular flexibility index (Phi) is 5.13. The van der Waals surface area contributed by atoms with Crippen molar-refractivity contribution in [3.8, 4) is 11.5 Å². The third-order valence-electron chi connectivity index (χ3n) is 1.84. The summed E-state index contributed by atoms with van der Waals surface area (Å²) in [6.07, 6.45) is -1.99. The largest absolute Gasteiger partial charge is 0.513 e. The van der Waals surface area contributed by atoms with Gasteiger partial charge in [0.2, 0.25) is 0 Å². The maximum Gasteiger partial charge on any atom is 0.513 e. The highest BCUT2D eigenvalue weighted by Gasteiger charge is 2.13. The Hall–Kier alpha value is -2.28. The van der Waals surface area contributed by atoms with Crippen LogP contribution in [-0.4, -0.2) is 31.8 Å². The van der Waals surface area contributed by atoms with Crippen LogP contribution in [0.25, 0.3) is 0 Å². The van der Waals surface area contributed by atoms with Gasteiger partial charge in [-0.1, -0.05) is 0 Å². The molecular formula is C11H9ClO7. The van der Waals surface area contributed by atoms with Crippen LogP contribution in [0.2, 0.25) is 0 Å². The summed E-state index contributed by atoms with van der Waals surface area (Å²) >= 11 is 5.31. The molecule has 0 aliphatic heterocycles. The molecule has 0 atom stereocenters. The summed E-state index contributed by atoms with van der Waals surface area (Å²) in [4.78, 5) is 33.0. The zero-order chi connectivity index (χ0) is 14.4. The van der Waals surface area contributed by atoms with Crippen LogP contribution in [-0.2, 0) is 9.47 Å². The number of halogens is 1. The van der Waals surface area contributed by atoms with Crippen molar-refractivity contribution in [2.45, 2.75) is 0 Å². The van der Waals surface area contributed by atoms with Crippen molar-refractivity contribution in [2.24, 2.45) is 0 Å². The minimum atomic E-state index is -0.997. The Balaban J connectivity index is 3.06. The van der Waals surface area contributed by atoms with E-state index in [1.54, 1.807) is 0 Å². The van der Waals surface area contributed by atoms with Crippen molar-refractivity contribution in [3.05, 3.63) is 23.8 Å². The Bertz CT molecular complexity index is 476. The first kappa shape index (κ1) is 14.8. The number of hydrogen-bond acceptors (Lipinski definition) is 7. The Morgan fingerprint density at radius 2 is 1.32 bits per heavy atom. The number of carbonyl (C=O) groups excluding carboxylic acids is 3. The van der Waals surface area contributed by atoms with Gasteiger partial charge in [0, 0.05) is 11.6 Å². The topological polar surface area (TPSA) is 88.1 Å². The highest BCUT2D eigenvalue weighted by atomic mass is 35.5. The van der Waals surface area contributed by atoms with E-state index in [9.17, 15) is 14.4 Å². The van der Waals surface area contributed by atoms with Crippen LogP contribution < -0.4 is 9.47 Å². The van der Waals surface area contributed by atoms with Gasteiger partial charge in [-0.05, 0) is 23.7 Å². The van der Waals surface area contributed by atoms with Crippen molar-refractivity contribution in [2.75, 3.05) is 14.2 Å². The molecule has 0 aliphatic rings. The van der Waals surface area contributed by atoms with Gasteiger partial charge in [0.25, 0.3) is 5.24 Å². The molecular weight excluding hydrogens is 280 g/mol. The highest BCUT2D eigenvalue weighted by molar-refractivity contribution is 6.67. The molecule has 0 saturated heterocycles. The van der Waals surface area contributed by atoms with Gasteiger partial charge >= 0.3 is 12.3 Å². The molecule has 0 aliphatic carbocycles. The second-order valence-electron chi connectivity index (χ2n) is 3.08. The summed E-state index contributed by atoms with van der Waals surface area (Å²) in [5.41, 5.74) is -0.0260. The summed E-state index contributed by atoms with van der Waals surface area (Å²) in [6.45, 7) is 0. The fraction of sp³-hybridized carbons (Fsp3) is 0.182. The summed E-state index contributed by atoms with van der Waals surface area (Å²) in [7, 11) is 2.23. The lowest BCUT2D eigenvalue weighted by Gasteiger charge is -2.07. The second-order valence-corrected chi connectivity index (χ2v) is 3.42. The number of carbonyl (C=O) groups is 3. The van der Waals surface area contributed by atoms with E-state index in [4.69, 9.17) is 21.1 Å². The zero-order valence-corrected chi connectivity index (χ0v) is 10.7. The smallest absolute Gasteiger partial charge is 0.437 e. The van der Waals surface area contributed by atoms with Gasteiger partial charge in [-0.15, -0.1) is 0 Å². The van der Waals surface area contributed by atoms with Crippen LogP contribution in [0.4, 0.5) is 9.59 Å². The fourth-order valence-electron chi connectivity index (χ4n) is 1.08. The van der Waals surface area contributed by atoms with E-state index in [1.807, 2.05) is 0 Å². The Morgan fingerprint density at radius 3 is 1.63 bits per heavy atom. The van der Waals surface area contributed by atoms with E-state index in [-0.39, 0.29) is 17.1 Å². The Morgan fingerprint density at radius 1 is 0.895 bits per heavy atom. The van der Waals surface area contributed by atoms with E-state index < -0.39 is 17.6 Å². The number of hydrogen-bond donors (Lipinski definition) is 0. The Labute approximate surface area is 112 Å². The molecule has 0 radical (unpaired) electrons. The second kappa shape index (κ2) is 6.60. The molecule has 7 nitrogen and oxygen atoms in total. The van der Waals surface area contributed by atoms with Crippen molar-refractivity contribution < 1.29 is 33.3 Å². The minimum absolute atomic E-state index is 0.0260. The maximum absolute atomic E-state index is 11.1. The molecule has 19 heavy (non-hydrogen) atoms. The summed E-state index contributed by atoms with van der Waals surface area (Å²) in [5, 5.41) is -0.815. The molecule has 8 heteroatoms. The van der Waals surface area contributed by atoms with Crippen molar-refractivity contribution in [3.63, 3.8) is 0 Å². The predicted molar refractivity (Wildman–Crippen MR) is 62.7 cm³/mol. The lowest BCUT2D eigenvalue weighted by molar-refractivity contribution is 0.107. The van der Waals surface area contributed by atoms with Gasteiger partial charge in [-0.25, -0.2) is 9.59 Å². The van der Waals surface area contributed by atoms with Crippen LogP contribution in [0.5, 0.6) is 11.5 Å². The van der Waals surface area contributed by atoms with E-state index in [0.717, 1.165) is 14.2 Å². The lowest BCUT2D eigenvalue weighted by Crippen LogP contribution is -2.10. The van der Waals surface area contributed by atoms with E-state index in [0.29, 0.717) is 0 Å². The SMILES string of the molecule is COC(=O)Oc1cc(OC(=O)OC)cc(C(=O)Cl)c1. The first-order valence-electron chi connectivity index (χ1n) is 4.82. The third-order valence-corrected chi connectivity index (χ3v) is 2.06. The van der Waals surface area contributed by atoms with Gasteiger partial charge in [0.05, 0.1) is 14.2 Å². The first-order valence-corrected chi connectivity index (χ1v) is 5.20. The molecule has 102 valence electrons. The number of methoxy groups -OCH3 is 2. The average Bonchev–Trinajstić information content (AvgIpc) is 2.37. The van der Waals surface area contributed by atoms with E-state index in [1.165, 1.54) is 18.2 Å². The van der Waals surface area contributed by atoms with Gasteiger partial charge in [-0.2, -0.15) is 0 Å². The normalized spacial score (nSPS) is 9.42. The molecule has 0 bridgehead atoms. The molecule has 0 saturated carbocycles. The van der Waals surface area contributed by atoms with Crippen molar-refractivity contribution >= 4 is 29.2 Å². The molecule has 1 rings (SSSR count). The van der Waals surface area contributed by atoms with Crippen LogP contribution >= 0.6 is 11.6 Å². The molecule has 0 N–H and O–H groups in total. The molecule has 0 fully saturated rings. The van der Waals surface area contributed by atoms with Crippen LogP contribution in [0.3, 0.4) is 0 Å². The number of rotatable bonds is 3. The molecule has 0 unspecified atom stereocenters. The van der Waals surface area contributed by atoms with Crippen molar-refractivity contribution in [1.29, 1.82) is 0 Å². The number of ether oxygens (including phenoxy) is 4. The van der Waals surface area contributed by atoms with Crippen LogP contribution in [0.15, 0.2) is 18.2 Å². The third kappa shape index (κ3) is 4.47. The molecule has 0 spiro atoms. The van der Waals surface area contributed by atoms with Gasteiger partial charge in [0.15, 0.2) is 0 Å². The standard InChI is InChI=1S/C11H9ClO7/c1-16-10(14)18-7-3-6(9(12)13)4-8(5-7)19-11(15)17-2/h3-5H,1-2H3. The lowest BCUT2D eigenvalue weighted by atomic mass is 10.2. The van der Waals surface area contributed by atoms with E-state index >= 15 is 0 Å². The average molecular weight is 289 g/mol. The summed E-state index contributed by atoms with van der Waals surface area (Å²) in [5.74, 6) is -0.144. The highest BCUT2D eigenvalue weighted by Crippen LogP contribution is 2.24.